The van der Waals surface area contributed by atoms with E-state index in [9.17, 15) is 4.39 Å². The second-order valence-electron chi connectivity index (χ2n) is 3.68. The molecule has 0 bridgehead atoms. The van der Waals surface area contributed by atoms with E-state index in [0.717, 1.165) is 6.20 Å². The van der Waals surface area contributed by atoms with Gasteiger partial charge in [0.25, 0.3) is 0 Å². The predicted molar refractivity (Wildman–Crippen MR) is 65.2 cm³/mol. The predicted octanol–water partition coefficient (Wildman–Crippen LogP) is 1.36. The molecule has 7 heteroatoms. The van der Waals surface area contributed by atoms with Gasteiger partial charge in [-0.05, 0) is 0 Å². The number of aryl methyl sites for hydroxylation is 2. The highest BCUT2D eigenvalue weighted by molar-refractivity contribution is 5.32. The minimum absolute atomic E-state index is 0.124. The van der Waals surface area contributed by atoms with Crippen molar-refractivity contribution in [2.75, 3.05) is 12.4 Å². The van der Waals surface area contributed by atoms with Crippen LogP contribution in [0.15, 0.2) is 6.20 Å². The number of nitrogens with one attached hydrogen (secondary N) is 1. The van der Waals surface area contributed by atoms with Crippen LogP contribution in [0, 0.1) is 5.82 Å². The number of anilines is 1. The summed E-state index contributed by atoms with van der Waals surface area (Å²) < 4.78 is 15.2. The van der Waals surface area contributed by atoms with E-state index >= 15 is 0 Å². The van der Waals surface area contributed by atoms with Gasteiger partial charge in [0.2, 0.25) is 5.95 Å². The van der Waals surface area contributed by atoms with Crippen LogP contribution in [-0.2, 0) is 12.8 Å². The first-order valence-electron chi connectivity index (χ1n) is 5.85. The lowest BCUT2D eigenvalue weighted by atomic mass is 10.4. The molecule has 2 heterocycles. The molecule has 0 radical (unpaired) electrons. The Labute approximate surface area is 104 Å². The van der Waals surface area contributed by atoms with Gasteiger partial charge in [-0.2, -0.15) is 9.67 Å². The second kappa shape index (κ2) is 5.07. The fourth-order valence-corrected chi connectivity index (χ4v) is 1.57. The van der Waals surface area contributed by atoms with Crippen molar-refractivity contribution < 1.29 is 4.39 Å². The van der Waals surface area contributed by atoms with E-state index in [0.29, 0.717) is 30.4 Å². The molecule has 0 aliphatic heterocycles. The van der Waals surface area contributed by atoms with Crippen LogP contribution in [0.5, 0.6) is 0 Å². The van der Waals surface area contributed by atoms with Gasteiger partial charge in [-0.15, -0.1) is 5.10 Å². The van der Waals surface area contributed by atoms with E-state index in [1.807, 2.05) is 13.8 Å². The van der Waals surface area contributed by atoms with Crippen molar-refractivity contribution in [3.8, 4) is 5.82 Å². The van der Waals surface area contributed by atoms with Crippen molar-refractivity contribution in [3.05, 3.63) is 23.7 Å². The van der Waals surface area contributed by atoms with Crippen molar-refractivity contribution in [2.24, 2.45) is 0 Å². The van der Waals surface area contributed by atoms with Crippen LogP contribution in [0.4, 0.5) is 10.3 Å². The van der Waals surface area contributed by atoms with Crippen LogP contribution in [0.3, 0.4) is 0 Å². The molecule has 96 valence electrons. The van der Waals surface area contributed by atoms with Crippen LogP contribution >= 0.6 is 0 Å². The minimum atomic E-state index is -0.517. The summed E-state index contributed by atoms with van der Waals surface area (Å²) in [7, 11) is 1.68. The largest absolute Gasteiger partial charge is 0.357 e. The molecule has 2 aromatic heterocycles. The Balaban J connectivity index is 2.56. The van der Waals surface area contributed by atoms with Crippen molar-refractivity contribution in [2.45, 2.75) is 26.7 Å². The van der Waals surface area contributed by atoms with Gasteiger partial charge in [0.05, 0.1) is 6.20 Å². The summed E-state index contributed by atoms with van der Waals surface area (Å²) in [5.41, 5.74) is 0. The number of halogens is 1. The van der Waals surface area contributed by atoms with Crippen molar-refractivity contribution in [3.63, 3.8) is 0 Å². The third-order valence-electron chi connectivity index (χ3n) is 2.50. The molecule has 0 saturated carbocycles. The van der Waals surface area contributed by atoms with Gasteiger partial charge < -0.3 is 5.32 Å². The SMILES string of the molecule is CCc1nc(CC)n(-c2nc(NC)ncc2F)n1. The summed E-state index contributed by atoms with van der Waals surface area (Å²) in [5.74, 6) is 1.32. The van der Waals surface area contributed by atoms with Crippen LogP contribution < -0.4 is 5.32 Å². The maximum absolute atomic E-state index is 13.8. The van der Waals surface area contributed by atoms with Gasteiger partial charge >= 0.3 is 0 Å². The number of rotatable bonds is 4. The first-order chi connectivity index (χ1) is 8.69. The van der Waals surface area contributed by atoms with Gasteiger partial charge in [-0.3, -0.25) is 0 Å². The first kappa shape index (κ1) is 12.4. The number of hydrogen-bond acceptors (Lipinski definition) is 5. The van der Waals surface area contributed by atoms with Crippen molar-refractivity contribution in [1.29, 1.82) is 0 Å². The Morgan fingerprint density at radius 2 is 2.06 bits per heavy atom. The van der Waals surface area contributed by atoms with Gasteiger partial charge in [0, 0.05) is 19.9 Å². The molecule has 6 nitrogen and oxygen atoms in total. The quantitative estimate of drug-likeness (QED) is 0.887. The molecule has 0 unspecified atom stereocenters. The highest BCUT2D eigenvalue weighted by atomic mass is 19.1. The highest BCUT2D eigenvalue weighted by Gasteiger charge is 2.15. The topological polar surface area (TPSA) is 68.5 Å². The zero-order valence-corrected chi connectivity index (χ0v) is 10.6. The summed E-state index contributed by atoms with van der Waals surface area (Å²) in [6.07, 6.45) is 2.48. The molecule has 0 aliphatic carbocycles. The fraction of sp³-hybridized carbons (Fsp3) is 0.455. The molecule has 0 amide bonds. The molecule has 0 spiro atoms. The van der Waals surface area contributed by atoms with Gasteiger partial charge in [0.1, 0.15) is 5.82 Å². The molecular formula is C11H15FN6. The Hall–Kier alpha value is -2.05. The number of aromatic nitrogens is 5. The van der Waals surface area contributed by atoms with Crippen LogP contribution in [0.2, 0.25) is 0 Å². The highest BCUT2D eigenvalue weighted by Crippen LogP contribution is 2.13. The Kier molecular flexibility index (Phi) is 3.50. The zero-order chi connectivity index (χ0) is 13.1. The maximum atomic E-state index is 13.8. The van der Waals surface area contributed by atoms with Crippen LogP contribution in [0.1, 0.15) is 25.5 Å². The lowest BCUT2D eigenvalue weighted by Crippen LogP contribution is -2.10. The fourth-order valence-electron chi connectivity index (χ4n) is 1.57. The summed E-state index contributed by atoms with van der Waals surface area (Å²) in [4.78, 5) is 12.2. The molecule has 18 heavy (non-hydrogen) atoms. The minimum Gasteiger partial charge on any atom is -0.357 e. The smallest absolute Gasteiger partial charge is 0.224 e. The summed E-state index contributed by atoms with van der Waals surface area (Å²) in [6.45, 7) is 3.90. The maximum Gasteiger partial charge on any atom is 0.224 e. The van der Waals surface area contributed by atoms with Crippen molar-refractivity contribution >= 4 is 5.95 Å². The third-order valence-corrected chi connectivity index (χ3v) is 2.50. The van der Waals surface area contributed by atoms with Gasteiger partial charge in [0.15, 0.2) is 17.5 Å². The number of hydrogen-bond donors (Lipinski definition) is 1. The molecular weight excluding hydrogens is 235 g/mol. The van der Waals surface area contributed by atoms with Gasteiger partial charge in [-0.1, -0.05) is 13.8 Å². The molecule has 0 saturated heterocycles. The third kappa shape index (κ3) is 2.15. The average Bonchev–Trinajstić information content (AvgIpc) is 2.82. The van der Waals surface area contributed by atoms with Crippen LogP contribution in [-0.4, -0.2) is 31.8 Å². The molecule has 2 aromatic rings. The first-order valence-corrected chi connectivity index (χ1v) is 5.85. The Bertz CT molecular complexity index is 550. The monoisotopic (exact) mass is 250 g/mol. The second-order valence-corrected chi connectivity index (χ2v) is 3.68. The molecule has 0 fully saturated rings. The van der Waals surface area contributed by atoms with E-state index in [4.69, 9.17) is 0 Å². The van der Waals surface area contributed by atoms with Crippen LogP contribution in [0.25, 0.3) is 5.82 Å². The van der Waals surface area contributed by atoms with Crippen molar-refractivity contribution in [1.82, 2.24) is 24.7 Å². The summed E-state index contributed by atoms with van der Waals surface area (Å²) in [6, 6.07) is 0. The Morgan fingerprint density at radius 3 is 2.67 bits per heavy atom. The lowest BCUT2D eigenvalue weighted by Gasteiger charge is -2.06. The summed E-state index contributed by atoms with van der Waals surface area (Å²) >= 11 is 0. The zero-order valence-electron chi connectivity index (χ0n) is 10.6. The molecule has 2 rings (SSSR count). The standard InChI is InChI=1S/C11H15FN6/c1-4-8-15-9(5-2)18(17-8)10-7(12)6-14-11(13-3)16-10/h6H,4-5H2,1-3H3,(H,13,14,16). The van der Waals surface area contributed by atoms with E-state index in [2.05, 4.69) is 25.4 Å². The molecule has 1 N–H and O–H groups in total. The van der Waals surface area contributed by atoms with E-state index in [1.54, 1.807) is 7.05 Å². The van der Waals surface area contributed by atoms with Gasteiger partial charge in [-0.25, -0.2) is 14.4 Å². The molecule has 0 atom stereocenters. The van der Waals surface area contributed by atoms with E-state index in [-0.39, 0.29) is 5.82 Å². The summed E-state index contributed by atoms with van der Waals surface area (Å²) in [5, 5.41) is 7.03. The average molecular weight is 250 g/mol. The Morgan fingerprint density at radius 1 is 1.28 bits per heavy atom. The van der Waals surface area contributed by atoms with E-state index in [1.165, 1.54) is 4.68 Å². The van der Waals surface area contributed by atoms with E-state index < -0.39 is 5.82 Å². The molecule has 0 aliphatic rings. The number of nitrogens with zero attached hydrogens (tertiary/aromatic N) is 5. The normalized spacial score (nSPS) is 10.7. The lowest BCUT2D eigenvalue weighted by molar-refractivity contribution is 0.587. The molecule has 0 aromatic carbocycles.